The van der Waals surface area contributed by atoms with E-state index in [1.165, 1.54) is 30.3 Å². The Hall–Kier alpha value is -1.62. The van der Waals surface area contributed by atoms with Crippen LogP contribution in [0.1, 0.15) is 47.8 Å². The standard InChI is InChI=1S/C15H19NO3S/c1-11-5-3-2-4-8-16(11)15(19)12-9-13(20-10-12)6-7-14(17)18/h6-7,9-11H,2-5,8H2,1H3,(H,17,18). The highest BCUT2D eigenvalue weighted by atomic mass is 32.1. The van der Waals surface area contributed by atoms with Gasteiger partial charge in [-0.3, -0.25) is 4.79 Å². The summed E-state index contributed by atoms with van der Waals surface area (Å²) >= 11 is 1.39. The first kappa shape index (κ1) is 14.8. The molecular formula is C15H19NO3S. The van der Waals surface area contributed by atoms with E-state index in [2.05, 4.69) is 6.92 Å². The number of aliphatic carboxylic acids is 1. The van der Waals surface area contributed by atoms with E-state index >= 15 is 0 Å². The van der Waals surface area contributed by atoms with Crippen LogP contribution in [0.15, 0.2) is 17.5 Å². The van der Waals surface area contributed by atoms with Crippen molar-refractivity contribution in [2.24, 2.45) is 0 Å². The largest absolute Gasteiger partial charge is 0.478 e. The molecule has 1 aromatic heterocycles. The third-order valence-electron chi connectivity index (χ3n) is 3.57. The summed E-state index contributed by atoms with van der Waals surface area (Å²) in [4.78, 5) is 25.7. The van der Waals surface area contributed by atoms with Crippen molar-refractivity contribution in [2.75, 3.05) is 6.54 Å². The zero-order valence-electron chi connectivity index (χ0n) is 11.5. The molecule has 1 aromatic rings. The molecule has 0 spiro atoms. The molecule has 108 valence electrons. The number of carbonyl (C=O) groups is 2. The van der Waals surface area contributed by atoms with E-state index in [9.17, 15) is 9.59 Å². The Kier molecular flexibility index (Phi) is 4.95. The van der Waals surface area contributed by atoms with Crippen LogP contribution in [0.2, 0.25) is 0 Å². The van der Waals surface area contributed by atoms with Crippen LogP contribution < -0.4 is 0 Å². The van der Waals surface area contributed by atoms with Crippen molar-refractivity contribution in [1.82, 2.24) is 4.90 Å². The third kappa shape index (κ3) is 3.70. The smallest absolute Gasteiger partial charge is 0.328 e. The molecule has 20 heavy (non-hydrogen) atoms. The second-order valence-electron chi connectivity index (χ2n) is 5.11. The maximum Gasteiger partial charge on any atom is 0.328 e. The first-order valence-corrected chi connectivity index (χ1v) is 7.76. The highest BCUT2D eigenvalue weighted by molar-refractivity contribution is 7.11. The topological polar surface area (TPSA) is 57.6 Å². The van der Waals surface area contributed by atoms with Crippen LogP contribution in [0.25, 0.3) is 6.08 Å². The van der Waals surface area contributed by atoms with Gasteiger partial charge >= 0.3 is 5.97 Å². The number of nitrogens with zero attached hydrogens (tertiary/aromatic N) is 1. The van der Waals surface area contributed by atoms with E-state index < -0.39 is 5.97 Å². The Morgan fingerprint density at radius 3 is 2.95 bits per heavy atom. The molecule has 1 aliphatic heterocycles. The Bertz CT molecular complexity index is 521. The summed E-state index contributed by atoms with van der Waals surface area (Å²) in [7, 11) is 0. The molecule has 1 atom stereocenters. The lowest BCUT2D eigenvalue weighted by atomic mass is 10.1. The zero-order valence-corrected chi connectivity index (χ0v) is 12.4. The van der Waals surface area contributed by atoms with Crippen LogP contribution >= 0.6 is 11.3 Å². The first-order valence-electron chi connectivity index (χ1n) is 6.88. The quantitative estimate of drug-likeness (QED) is 0.870. The number of likely N-dealkylation sites (tertiary alicyclic amines) is 1. The molecule has 4 nitrogen and oxygen atoms in total. The normalized spacial score (nSPS) is 20.1. The van der Waals surface area contributed by atoms with Gasteiger partial charge in [0.25, 0.3) is 5.91 Å². The number of carboxylic acids is 1. The van der Waals surface area contributed by atoms with Crippen molar-refractivity contribution in [3.8, 4) is 0 Å². The van der Waals surface area contributed by atoms with Crippen molar-refractivity contribution < 1.29 is 14.7 Å². The van der Waals surface area contributed by atoms with E-state index in [0.717, 1.165) is 30.3 Å². The van der Waals surface area contributed by atoms with Crippen LogP contribution in [0.4, 0.5) is 0 Å². The second-order valence-corrected chi connectivity index (χ2v) is 6.05. The average molecular weight is 293 g/mol. The fourth-order valence-electron chi connectivity index (χ4n) is 2.45. The molecule has 0 bridgehead atoms. The molecule has 0 aliphatic carbocycles. The van der Waals surface area contributed by atoms with Crippen molar-refractivity contribution in [1.29, 1.82) is 0 Å². The highest BCUT2D eigenvalue weighted by Crippen LogP contribution is 2.22. The summed E-state index contributed by atoms with van der Waals surface area (Å²) in [6.45, 7) is 2.91. The van der Waals surface area contributed by atoms with Gasteiger partial charge in [-0.05, 0) is 31.9 Å². The molecule has 1 aliphatic rings. The zero-order chi connectivity index (χ0) is 14.5. The van der Waals surface area contributed by atoms with E-state index in [4.69, 9.17) is 5.11 Å². The van der Waals surface area contributed by atoms with Gasteiger partial charge in [0.2, 0.25) is 0 Å². The Morgan fingerprint density at radius 1 is 1.40 bits per heavy atom. The fraction of sp³-hybridized carbons (Fsp3) is 0.467. The summed E-state index contributed by atoms with van der Waals surface area (Å²) < 4.78 is 0. The molecule has 1 unspecified atom stereocenters. The van der Waals surface area contributed by atoms with E-state index in [-0.39, 0.29) is 11.9 Å². The summed E-state index contributed by atoms with van der Waals surface area (Å²) in [6, 6.07) is 2.05. The maximum absolute atomic E-state index is 12.5. The van der Waals surface area contributed by atoms with Gasteiger partial charge in [-0.15, -0.1) is 11.3 Å². The van der Waals surface area contributed by atoms with E-state index in [1.54, 1.807) is 6.07 Å². The number of hydrogen-bond donors (Lipinski definition) is 1. The van der Waals surface area contributed by atoms with Crippen molar-refractivity contribution >= 4 is 29.3 Å². The third-order valence-corrected chi connectivity index (χ3v) is 4.47. The molecular weight excluding hydrogens is 274 g/mol. The minimum absolute atomic E-state index is 0.0608. The summed E-state index contributed by atoms with van der Waals surface area (Å²) in [5, 5.41) is 10.4. The predicted molar refractivity (Wildman–Crippen MR) is 80.0 cm³/mol. The van der Waals surface area contributed by atoms with Gasteiger partial charge in [-0.1, -0.05) is 12.8 Å². The Labute approximate surface area is 122 Å². The van der Waals surface area contributed by atoms with Gasteiger partial charge < -0.3 is 10.0 Å². The lowest BCUT2D eigenvalue weighted by molar-refractivity contribution is -0.131. The van der Waals surface area contributed by atoms with Crippen LogP contribution in [-0.2, 0) is 4.79 Å². The fourth-order valence-corrected chi connectivity index (χ4v) is 3.22. The van der Waals surface area contributed by atoms with Crippen molar-refractivity contribution in [2.45, 2.75) is 38.6 Å². The molecule has 5 heteroatoms. The van der Waals surface area contributed by atoms with Gasteiger partial charge in [0.05, 0.1) is 5.56 Å². The predicted octanol–water partition coefficient (Wildman–Crippen LogP) is 3.25. The molecule has 1 saturated heterocycles. The summed E-state index contributed by atoms with van der Waals surface area (Å²) in [5.74, 6) is -0.918. The first-order chi connectivity index (χ1) is 9.58. The molecule has 0 aromatic carbocycles. The van der Waals surface area contributed by atoms with Crippen LogP contribution in [0.5, 0.6) is 0 Å². The molecule has 0 saturated carbocycles. The van der Waals surface area contributed by atoms with E-state index in [1.807, 2.05) is 10.3 Å². The average Bonchev–Trinajstić information content (AvgIpc) is 2.78. The van der Waals surface area contributed by atoms with E-state index in [0.29, 0.717) is 5.56 Å². The summed E-state index contributed by atoms with van der Waals surface area (Å²) in [5.41, 5.74) is 0.661. The SMILES string of the molecule is CC1CCCCCN1C(=O)c1csc(C=CC(=O)O)c1. The lowest BCUT2D eigenvalue weighted by Crippen LogP contribution is -2.38. The van der Waals surface area contributed by atoms with Gasteiger partial charge in [0, 0.05) is 28.9 Å². The highest BCUT2D eigenvalue weighted by Gasteiger charge is 2.23. The minimum atomic E-state index is -0.979. The molecule has 2 heterocycles. The number of carbonyl (C=O) groups excluding carboxylic acids is 1. The second kappa shape index (κ2) is 6.70. The van der Waals surface area contributed by atoms with Crippen molar-refractivity contribution in [3.63, 3.8) is 0 Å². The number of rotatable bonds is 3. The monoisotopic (exact) mass is 293 g/mol. The Balaban J connectivity index is 2.10. The molecule has 0 radical (unpaired) electrons. The molecule has 2 rings (SSSR count). The molecule has 1 N–H and O–H groups in total. The number of amides is 1. The Morgan fingerprint density at radius 2 is 2.20 bits per heavy atom. The molecule has 1 fully saturated rings. The van der Waals surface area contributed by atoms with Gasteiger partial charge in [0.15, 0.2) is 0 Å². The minimum Gasteiger partial charge on any atom is -0.478 e. The van der Waals surface area contributed by atoms with Gasteiger partial charge in [-0.25, -0.2) is 4.79 Å². The number of thiophene rings is 1. The summed E-state index contributed by atoms with van der Waals surface area (Å²) in [6.07, 6.45) is 7.10. The van der Waals surface area contributed by atoms with Gasteiger partial charge in [-0.2, -0.15) is 0 Å². The van der Waals surface area contributed by atoms with Crippen LogP contribution in [0.3, 0.4) is 0 Å². The van der Waals surface area contributed by atoms with Gasteiger partial charge in [0.1, 0.15) is 0 Å². The lowest BCUT2D eigenvalue weighted by Gasteiger charge is -2.26. The number of hydrogen-bond acceptors (Lipinski definition) is 3. The maximum atomic E-state index is 12.5. The number of carboxylic acid groups (broad SMARTS) is 1. The van der Waals surface area contributed by atoms with Crippen LogP contribution in [0, 0.1) is 0 Å². The molecule has 1 amide bonds. The van der Waals surface area contributed by atoms with Crippen molar-refractivity contribution in [3.05, 3.63) is 28.0 Å². The van der Waals surface area contributed by atoms with Crippen LogP contribution in [-0.4, -0.2) is 34.5 Å².